The molecule has 0 atom stereocenters. The second-order valence-corrected chi connectivity index (χ2v) is 5.75. The summed E-state index contributed by atoms with van der Waals surface area (Å²) in [5.74, 6) is -1.44. The molecule has 1 amide bonds. The van der Waals surface area contributed by atoms with Gasteiger partial charge in [0.15, 0.2) is 0 Å². The molecule has 3 aromatic rings. The highest BCUT2D eigenvalue weighted by Crippen LogP contribution is 2.28. The Balaban J connectivity index is 1.76. The van der Waals surface area contributed by atoms with Crippen molar-refractivity contribution in [3.8, 4) is 5.75 Å². The molecule has 0 saturated heterocycles. The van der Waals surface area contributed by atoms with Crippen LogP contribution in [0.3, 0.4) is 0 Å². The third kappa shape index (κ3) is 4.48. The van der Waals surface area contributed by atoms with E-state index in [2.05, 4.69) is 20.6 Å². The van der Waals surface area contributed by atoms with Crippen molar-refractivity contribution in [2.24, 2.45) is 0 Å². The molecule has 0 unspecified atom stereocenters. The standard InChI is InChI=1S/C18H13ClF2N4O2/c1-27-16-5-3-11(7-12(16)19)24-17-8-15(22-9-23-17)18(26)25-14-4-2-10(20)6-13(14)21/h2-9H,1H3,(H,25,26)(H,22,23,24). The fourth-order valence-electron chi connectivity index (χ4n) is 2.22. The first kappa shape index (κ1) is 18.5. The number of rotatable bonds is 5. The van der Waals surface area contributed by atoms with Gasteiger partial charge in [0.2, 0.25) is 0 Å². The van der Waals surface area contributed by atoms with Gasteiger partial charge in [0.25, 0.3) is 5.91 Å². The number of nitrogens with zero attached hydrogens (tertiary/aromatic N) is 2. The number of hydrogen-bond donors (Lipinski definition) is 2. The summed E-state index contributed by atoms with van der Waals surface area (Å²) >= 11 is 6.07. The molecule has 0 aliphatic rings. The van der Waals surface area contributed by atoms with E-state index in [0.29, 0.717) is 28.3 Å². The van der Waals surface area contributed by atoms with Crippen molar-refractivity contribution in [3.05, 3.63) is 71.1 Å². The zero-order chi connectivity index (χ0) is 19.4. The normalized spacial score (nSPS) is 10.4. The van der Waals surface area contributed by atoms with Gasteiger partial charge in [0, 0.05) is 17.8 Å². The molecule has 138 valence electrons. The van der Waals surface area contributed by atoms with Crippen LogP contribution < -0.4 is 15.4 Å². The van der Waals surface area contributed by atoms with Gasteiger partial charge in [-0.15, -0.1) is 0 Å². The van der Waals surface area contributed by atoms with Gasteiger partial charge in [-0.05, 0) is 30.3 Å². The molecule has 0 saturated carbocycles. The fraction of sp³-hybridized carbons (Fsp3) is 0.0556. The second-order valence-electron chi connectivity index (χ2n) is 5.34. The van der Waals surface area contributed by atoms with Gasteiger partial charge in [-0.1, -0.05) is 11.6 Å². The zero-order valence-corrected chi connectivity index (χ0v) is 14.7. The summed E-state index contributed by atoms with van der Waals surface area (Å²) in [6, 6.07) is 9.26. The molecule has 0 aliphatic carbocycles. The summed E-state index contributed by atoms with van der Waals surface area (Å²) in [5.41, 5.74) is 0.461. The number of aromatic nitrogens is 2. The van der Waals surface area contributed by atoms with Gasteiger partial charge < -0.3 is 15.4 Å². The Bertz CT molecular complexity index is 1000. The number of carbonyl (C=O) groups excluding carboxylic acids is 1. The number of halogens is 3. The van der Waals surface area contributed by atoms with Crippen LogP contribution in [0.25, 0.3) is 0 Å². The predicted molar refractivity (Wildman–Crippen MR) is 97.6 cm³/mol. The Morgan fingerprint density at radius 1 is 1.11 bits per heavy atom. The third-order valence-corrected chi connectivity index (χ3v) is 3.80. The summed E-state index contributed by atoms with van der Waals surface area (Å²) in [7, 11) is 1.51. The highest BCUT2D eigenvalue weighted by molar-refractivity contribution is 6.32. The lowest BCUT2D eigenvalue weighted by Crippen LogP contribution is -2.15. The fourth-order valence-corrected chi connectivity index (χ4v) is 2.48. The van der Waals surface area contributed by atoms with E-state index in [9.17, 15) is 13.6 Å². The second kappa shape index (κ2) is 7.96. The minimum atomic E-state index is -0.886. The smallest absolute Gasteiger partial charge is 0.274 e. The molecule has 1 aromatic heterocycles. The predicted octanol–water partition coefficient (Wildman–Crippen LogP) is 4.41. The van der Waals surface area contributed by atoms with Crippen molar-refractivity contribution in [2.45, 2.75) is 0 Å². The van der Waals surface area contributed by atoms with Crippen LogP contribution in [0.1, 0.15) is 10.5 Å². The minimum Gasteiger partial charge on any atom is -0.495 e. The van der Waals surface area contributed by atoms with Crippen molar-refractivity contribution in [1.29, 1.82) is 0 Å². The van der Waals surface area contributed by atoms with E-state index in [1.165, 1.54) is 19.5 Å². The maximum absolute atomic E-state index is 13.7. The first-order valence-corrected chi connectivity index (χ1v) is 8.03. The molecule has 0 spiro atoms. The van der Waals surface area contributed by atoms with Gasteiger partial charge in [0.1, 0.15) is 35.2 Å². The van der Waals surface area contributed by atoms with Gasteiger partial charge in [-0.25, -0.2) is 18.7 Å². The highest BCUT2D eigenvalue weighted by atomic mass is 35.5. The molecule has 0 fully saturated rings. The van der Waals surface area contributed by atoms with Gasteiger partial charge in [-0.2, -0.15) is 0 Å². The lowest BCUT2D eigenvalue weighted by Gasteiger charge is -2.10. The molecule has 9 heteroatoms. The van der Waals surface area contributed by atoms with E-state index >= 15 is 0 Å². The lowest BCUT2D eigenvalue weighted by atomic mass is 10.2. The number of amides is 1. The molecule has 0 radical (unpaired) electrons. The maximum Gasteiger partial charge on any atom is 0.274 e. The van der Waals surface area contributed by atoms with Gasteiger partial charge >= 0.3 is 0 Å². The Labute approximate surface area is 158 Å². The Hall–Kier alpha value is -3.26. The summed E-state index contributed by atoms with van der Waals surface area (Å²) in [6.07, 6.45) is 1.18. The Kier molecular flexibility index (Phi) is 5.46. The maximum atomic E-state index is 13.7. The average molecular weight is 391 g/mol. The molecule has 3 rings (SSSR count). The van der Waals surface area contributed by atoms with Crippen LogP contribution in [0.5, 0.6) is 5.75 Å². The van der Waals surface area contributed by atoms with E-state index < -0.39 is 17.5 Å². The van der Waals surface area contributed by atoms with Crippen molar-refractivity contribution in [3.63, 3.8) is 0 Å². The molecule has 0 aliphatic heterocycles. The number of nitrogens with one attached hydrogen (secondary N) is 2. The first-order chi connectivity index (χ1) is 13.0. The number of benzene rings is 2. The number of carbonyl (C=O) groups is 1. The summed E-state index contributed by atoms with van der Waals surface area (Å²) in [4.78, 5) is 20.2. The monoisotopic (exact) mass is 390 g/mol. The molecule has 1 heterocycles. The van der Waals surface area contributed by atoms with Crippen LogP contribution in [0, 0.1) is 11.6 Å². The van der Waals surface area contributed by atoms with E-state index in [1.54, 1.807) is 18.2 Å². The van der Waals surface area contributed by atoms with E-state index in [-0.39, 0.29) is 11.4 Å². The zero-order valence-electron chi connectivity index (χ0n) is 14.0. The highest BCUT2D eigenvalue weighted by Gasteiger charge is 2.13. The molecule has 27 heavy (non-hydrogen) atoms. The number of methoxy groups -OCH3 is 1. The summed E-state index contributed by atoms with van der Waals surface area (Å²) < 4.78 is 31.7. The number of hydrogen-bond acceptors (Lipinski definition) is 5. The molecule has 6 nitrogen and oxygen atoms in total. The van der Waals surface area contributed by atoms with Crippen LogP contribution in [-0.4, -0.2) is 23.0 Å². The minimum absolute atomic E-state index is 0.00386. The topological polar surface area (TPSA) is 76.1 Å². The number of anilines is 3. The molecular formula is C18H13ClF2N4O2. The molecule has 0 bridgehead atoms. The van der Waals surface area contributed by atoms with Crippen molar-refractivity contribution in [2.75, 3.05) is 17.7 Å². The first-order valence-electron chi connectivity index (χ1n) is 7.65. The Morgan fingerprint density at radius 3 is 2.63 bits per heavy atom. The SMILES string of the molecule is COc1ccc(Nc2cc(C(=O)Nc3ccc(F)cc3F)ncn2)cc1Cl. The quantitative estimate of drug-likeness (QED) is 0.674. The molecule has 2 aromatic carbocycles. The van der Waals surface area contributed by atoms with E-state index in [4.69, 9.17) is 16.3 Å². The van der Waals surface area contributed by atoms with Crippen molar-refractivity contribution >= 4 is 34.7 Å². The van der Waals surface area contributed by atoms with Crippen LogP contribution >= 0.6 is 11.6 Å². The van der Waals surface area contributed by atoms with Gasteiger partial charge in [0.05, 0.1) is 17.8 Å². The van der Waals surface area contributed by atoms with E-state index in [0.717, 1.165) is 12.1 Å². The van der Waals surface area contributed by atoms with Crippen molar-refractivity contribution < 1.29 is 18.3 Å². The van der Waals surface area contributed by atoms with Crippen molar-refractivity contribution in [1.82, 2.24) is 9.97 Å². The molecule has 2 N–H and O–H groups in total. The summed E-state index contributed by atoms with van der Waals surface area (Å²) in [6.45, 7) is 0. The van der Waals surface area contributed by atoms with Crippen LogP contribution in [0.15, 0.2) is 48.8 Å². The largest absolute Gasteiger partial charge is 0.495 e. The van der Waals surface area contributed by atoms with Crippen LogP contribution in [-0.2, 0) is 0 Å². The number of ether oxygens (including phenoxy) is 1. The summed E-state index contributed by atoms with van der Waals surface area (Å²) in [5, 5.41) is 5.72. The van der Waals surface area contributed by atoms with Crippen LogP contribution in [0.4, 0.5) is 26.0 Å². The van der Waals surface area contributed by atoms with E-state index in [1.807, 2.05) is 0 Å². The van der Waals surface area contributed by atoms with Crippen LogP contribution in [0.2, 0.25) is 5.02 Å². The average Bonchev–Trinajstić information content (AvgIpc) is 2.64. The third-order valence-electron chi connectivity index (χ3n) is 3.50. The Morgan fingerprint density at radius 2 is 1.93 bits per heavy atom. The lowest BCUT2D eigenvalue weighted by molar-refractivity contribution is 0.102. The molecular weight excluding hydrogens is 378 g/mol. The van der Waals surface area contributed by atoms with Gasteiger partial charge in [-0.3, -0.25) is 4.79 Å².